The van der Waals surface area contributed by atoms with Crippen molar-refractivity contribution in [2.24, 2.45) is 5.92 Å². The zero-order chi connectivity index (χ0) is 19.6. The molecule has 1 aliphatic rings. The second-order valence-electron chi connectivity index (χ2n) is 6.05. The fraction of sp³-hybridized carbons (Fsp3) is 0.211. The number of carbonyl (C=O) groups excluding carboxylic acids is 3. The van der Waals surface area contributed by atoms with Crippen molar-refractivity contribution in [2.75, 3.05) is 16.8 Å². The fourth-order valence-corrected chi connectivity index (χ4v) is 3.21. The molecule has 1 heterocycles. The lowest BCUT2D eigenvalue weighted by molar-refractivity contribution is -0.142. The normalized spacial score (nSPS) is 16.3. The minimum absolute atomic E-state index is 0.198. The third kappa shape index (κ3) is 4.40. The second-order valence-corrected chi connectivity index (χ2v) is 6.90. The highest BCUT2D eigenvalue weighted by Gasteiger charge is 2.39. The van der Waals surface area contributed by atoms with Crippen LogP contribution in [0.25, 0.3) is 0 Å². The van der Waals surface area contributed by atoms with Crippen molar-refractivity contribution in [2.45, 2.75) is 13.3 Å². The van der Waals surface area contributed by atoms with Gasteiger partial charge in [0, 0.05) is 24.2 Å². The van der Waals surface area contributed by atoms with E-state index in [1.54, 1.807) is 42.5 Å². The van der Waals surface area contributed by atoms with Crippen LogP contribution in [0.15, 0.2) is 42.5 Å². The molecule has 0 radical (unpaired) electrons. The van der Waals surface area contributed by atoms with Crippen LogP contribution in [0, 0.1) is 5.92 Å². The Kier molecular flexibility index (Phi) is 5.68. The highest BCUT2D eigenvalue weighted by molar-refractivity contribution is 6.36. The molecular formula is C19H16Cl2N2O4. The number of amides is 2. The van der Waals surface area contributed by atoms with Gasteiger partial charge in [-0.15, -0.1) is 0 Å². The number of anilines is 2. The number of benzene rings is 2. The molecule has 3 rings (SSSR count). The molecule has 1 N–H and O–H groups in total. The zero-order valence-corrected chi connectivity index (χ0v) is 15.9. The quantitative estimate of drug-likeness (QED) is 0.474. The monoisotopic (exact) mass is 406 g/mol. The van der Waals surface area contributed by atoms with Crippen LogP contribution >= 0.6 is 23.2 Å². The van der Waals surface area contributed by atoms with E-state index in [-0.39, 0.29) is 11.8 Å². The minimum Gasteiger partial charge on any atom is -0.426 e. The first-order valence-electron chi connectivity index (χ1n) is 8.21. The van der Waals surface area contributed by atoms with Gasteiger partial charge >= 0.3 is 5.97 Å². The number of nitrogens with zero attached hydrogens (tertiary/aromatic N) is 1. The molecule has 0 saturated carbocycles. The lowest BCUT2D eigenvalue weighted by atomic mass is 10.1. The summed E-state index contributed by atoms with van der Waals surface area (Å²) in [6, 6.07) is 11.1. The minimum atomic E-state index is -0.907. The summed E-state index contributed by atoms with van der Waals surface area (Å²) < 4.78 is 5.31. The Labute approximate surface area is 166 Å². The molecule has 1 atom stereocenters. The molecule has 1 aliphatic heterocycles. The molecule has 0 bridgehead atoms. The van der Waals surface area contributed by atoms with Gasteiger partial charge in [0.25, 0.3) is 0 Å². The number of esters is 1. The van der Waals surface area contributed by atoms with Gasteiger partial charge in [0.2, 0.25) is 11.8 Å². The van der Waals surface area contributed by atoms with E-state index in [1.807, 2.05) is 0 Å². The first-order chi connectivity index (χ1) is 12.8. The van der Waals surface area contributed by atoms with Crippen molar-refractivity contribution in [3.63, 3.8) is 0 Å². The maximum atomic E-state index is 12.7. The summed E-state index contributed by atoms with van der Waals surface area (Å²) >= 11 is 12.1. The van der Waals surface area contributed by atoms with Gasteiger partial charge < -0.3 is 15.0 Å². The number of rotatable bonds is 4. The maximum Gasteiger partial charge on any atom is 0.323 e. The lowest BCUT2D eigenvalue weighted by Gasteiger charge is -2.18. The first kappa shape index (κ1) is 19.2. The van der Waals surface area contributed by atoms with E-state index in [2.05, 4.69) is 5.32 Å². The van der Waals surface area contributed by atoms with Gasteiger partial charge in [0.1, 0.15) is 11.7 Å². The number of carbonyl (C=O) groups is 3. The Bertz CT molecular complexity index is 899. The molecular weight excluding hydrogens is 391 g/mol. The van der Waals surface area contributed by atoms with E-state index < -0.39 is 11.9 Å². The van der Waals surface area contributed by atoms with Crippen molar-refractivity contribution in [1.82, 2.24) is 0 Å². The van der Waals surface area contributed by atoms with Gasteiger partial charge in [0.15, 0.2) is 0 Å². The van der Waals surface area contributed by atoms with Crippen LogP contribution in [0.4, 0.5) is 11.4 Å². The van der Waals surface area contributed by atoms with Crippen molar-refractivity contribution < 1.29 is 19.1 Å². The molecule has 0 spiro atoms. The SMILES string of the molecule is CC(=O)Nc1ccc(OC(=O)C2CCN(c3cc(Cl)ccc3Cl)C2=O)cc1. The lowest BCUT2D eigenvalue weighted by Crippen LogP contribution is -2.32. The van der Waals surface area contributed by atoms with Crippen LogP contribution in [-0.2, 0) is 14.4 Å². The molecule has 0 aliphatic carbocycles. The van der Waals surface area contributed by atoms with Gasteiger partial charge in [-0.2, -0.15) is 0 Å². The van der Waals surface area contributed by atoms with E-state index in [0.29, 0.717) is 40.1 Å². The molecule has 1 fully saturated rings. The van der Waals surface area contributed by atoms with Gasteiger partial charge in [-0.05, 0) is 48.9 Å². The van der Waals surface area contributed by atoms with Gasteiger partial charge in [-0.3, -0.25) is 14.4 Å². The largest absolute Gasteiger partial charge is 0.426 e. The molecule has 1 unspecified atom stereocenters. The van der Waals surface area contributed by atoms with E-state index in [9.17, 15) is 14.4 Å². The molecule has 8 heteroatoms. The Balaban J connectivity index is 1.68. The Morgan fingerprint density at radius 2 is 1.85 bits per heavy atom. The van der Waals surface area contributed by atoms with Gasteiger partial charge in [0.05, 0.1) is 10.7 Å². The summed E-state index contributed by atoms with van der Waals surface area (Å²) in [5.74, 6) is -1.82. The number of halogens is 2. The summed E-state index contributed by atoms with van der Waals surface area (Å²) in [4.78, 5) is 37.5. The number of ether oxygens (including phenoxy) is 1. The predicted octanol–water partition coefficient (Wildman–Crippen LogP) is 3.91. The van der Waals surface area contributed by atoms with Crippen LogP contribution < -0.4 is 15.0 Å². The Hall–Kier alpha value is -2.57. The van der Waals surface area contributed by atoms with Gasteiger partial charge in [-0.25, -0.2) is 0 Å². The van der Waals surface area contributed by atoms with Crippen molar-refractivity contribution >= 4 is 52.4 Å². The molecule has 140 valence electrons. The van der Waals surface area contributed by atoms with Crippen LogP contribution in [0.1, 0.15) is 13.3 Å². The van der Waals surface area contributed by atoms with E-state index in [1.165, 1.54) is 11.8 Å². The van der Waals surface area contributed by atoms with E-state index in [4.69, 9.17) is 27.9 Å². The average Bonchev–Trinajstić information content (AvgIpc) is 3.00. The van der Waals surface area contributed by atoms with Crippen LogP contribution in [0.2, 0.25) is 10.0 Å². The van der Waals surface area contributed by atoms with Crippen molar-refractivity contribution in [1.29, 1.82) is 0 Å². The Morgan fingerprint density at radius 3 is 2.52 bits per heavy atom. The first-order valence-corrected chi connectivity index (χ1v) is 8.96. The fourth-order valence-electron chi connectivity index (χ4n) is 2.83. The number of nitrogens with one attached hydrogen (secondary N) is 1. The predicted molar refractivity (Wildman–Crippen MR) is 103 cm³/mol. The van der Waals surface area contributed by atoms with Crippen molar-refractivity contribution in [3.05, 3.63) is 52.5 Å². The Morgan fingerprint density at radius 1 is 1.15 bits per heavy atom. The average molecular weight is 407 g/mol. The molecule has 2 amide bonds. The smallest absolute Gasteiger partial charge is 0.323 e. The number of hydrogen-bond acceptors (Lipinski definition) is 4. The molecule has 1 saturated heterocycles. The molecule has 0 aromatic heterocycles. The van der Waals surface area contributed by atoms with Crippen LogP contribution in [0.3, 0.4) is 0 Å². The summed E-state index contributed by atoms with van der Waals surface area (Å²) in [6.45, 7) is 1.75. The summed E-state index contributed by atoms with van der Waals surface area (Å²) in [7, 11) is 0. The summed E-state index contributed by atoms with van der Waals surface area (Å²) in [5, 5.41) is 3.45. The molecule has 2 aromatic rings. The highest BCUT2D eigenvalue weighted by atomic mass is 35.5. The van der Waals surface area contributed by atoms with Crippen LogP contribution in [-0.4, -0.2) is 24.3 Å². The molecule has 2 aromatic carbocycles. The third-order valence-electron chi connectivity index (χ3n) is 4.08. The number of hydrogen-bond donors (Lipinski definition) is 1. The van der Waals surface area contributed by atoms with Crippen molar-refractivity contribution in [3.8, 4) is 5.75 Å². The second kappa shape index (κ2) is 7.98. The highest BCUT2D eigenvalue weighted by Crippen LogP contribution is 2.34. The molecule has 27 heavy (non-hydrogen) atoms. The topological polar surface area (TPSA) is 75.7 Å². The van der Waals surface area contributed by atoms with Gasteiger partial charge in [-0.1, -0.05) is 23.2 Å². The van der Waals surface area contributed by atoms with E-state index in [0.717, 1.165) is 0 Å². The summed E-state index contributed by atoms with van der Waals surface area (Å²) in [6.07, 6.45) is 0.324. The van der Waals surface area contributed by atoms with E-state index >= 15 is 0 Å². The third-order valence-corrected chi connectivity index (χ3v) is 4.64. The molecule has 6 nitrogen and oxygen atoms in total. The van der Waals surface area contributed by atoms with Crippen LogP contribution in [0.5, 0.6) is 5.75 Å². The maximum absolute atomic E-state index is 12.7. The standard InChI is InChI=1S/C19H16Cl2N2O4/c1-11(24)22-13-3-5-14(6-4-13)27-19(26)15-8-9-23(18(15)25)17-10-12(20)2-7-16(17)21/h2-7,10,15H,8-9H2,1H3,(H,22,24). The summed E-state index contributed by atoms with van der Waals surface area (Å²) in [5.41, 5.74) is 1.06. The zero-order valence-electron chi connectivity index (χ0n) is 14.4.